The van der Waals surface area contributed by atoms with Gasteiger partial charge in [0.15, 0.2) is 5.82 Å². The van der Waals surface area contributed by atoms with Crippen molar-refractivity contribution in [2.45, 2.75) is 18.4 Å². The van der Waals surface area contributed by atoms with Crippen LogP contribution in [-0.4, -0.2) is 18.2 Å². The SMILES string of the molecule is CCn1ccc(NS(=O)(=O)c2cc(Cl)ccc2Cl)n1. The first-order valence-electron chi connectivity index (χ1n) is 5.43. The summed E-state index contributed by atoms with van der Waals surface area (Å²) in [6, 6.07) is 5.82. The van der Waals surface area contributed by atoms with Crippen molar-refractivity contribution in [2.75, 3.05) is 4.72 Å². The molecule has 1 heterocycles. The molecule has 2 rings (SSSR count). The molecule has 0 radical (unpaired) electrons. The normalized spacial score (nSPS) is 11.5. The van der Waals surface area contributed by atoms with E-state index in [1.54, 1.807) is 16.9 Å². The van der Waals surface area contributed by atoms with Gasteiger partial charge in [-0.2, -0.15) is 5.10 Å². The Balaban J connectivity index is 2.34. The summed E-state index contributed by atoms with van der Waals surface area (Å²) in [5, 5.41) is 4.44. The molecule has 0 fully saturated rings. The highest BCUT2D eigenvalue weighted by Gasteiger charge is 2.19. The quantitative estimate of drug-likeness (QED) is 0.942. The smallest absolute Gasteiger partial charge is 0.264 e. The molecule has 0 saturated carbocycles. The van der Waals surface area contributed by atoms with E-state index >= 15 is 0 Å². The first kappa shape index (κ1) is 14.2. The lowest BCUT2D eigenvalue weighted by Crippen LogP contribution is -2.14. The van der Waals surface area contributed by atoms with E-state index in [0.29, 0.717) is 11.6 Å². The van der Waals surface area contributed by atoms with Gasteiger partial charge in [0.25, 0.3) is 10.0 Å². The Labute approximate surface area is 121 Å². The Kier molecular flexibility index (Phi) is 4.03. The fraction of sp³-hybridized carbons (Fsp3) is 0.182. The van der Waals surface area contributed by atoms with E-state index in [4.69, 9.17) is 23.2 Å². The van der Waals surface area contributed by atoms with Crippen LogP contribution in [0, 0.1) is 0 Å². The third kappa shape index (κ3) is 3.20. The molecule has 0 bridgehead atoms. The van der Waals surface area contributed by atoms with E-state index < -0.39 is 10.0 Å². The van der Waals surface area contributed by atoms with E-state index in [2.05, 4.69) is 9.82 Å². The maximum atomic E-state index is 12.2. The Morgan fingerprint density at radius 1 is 1.32 bits per heavy atom. The molecule has 0 atom stereocenters. The maximum absolute atomic E-state index is 12.2. The van der Waals surface area contributed by atoms with Gasteiger partial charge in [0.1, 0.15) is 4.90 Å². The molecule has 5 nitrogen and oxygen atoms in total. The molecule has 8 heteroatoms. The molecule has 0 aliphatic heterocycles. The Hall–Kier alpha value is -1.24. The lowest BCUT2D eigenvalue weighted by atomic mass is 10.4. The topological polar surface area (TPSA) is 64.0 Å². The van der Waals surface area contributed by atoms with Crippen LogP contribution in [0.1, 0.15) is 6.92 Å². The van der Waals surface area contributed by atoms with Gasteiger partial charge in [-0.05, 0) is 25.1 Å². The number of nitrogens with zero attached hydrogens (tertiary/aromatic N) is 2. The van der Waals surface area contributed by atoms with Crippen molar-refractivity contribution in [1.29, 1.82) is 0 Å². The van der Waals surface area contributed by atoms with Crippen LogP contribution in [0.2, 0.25) is 10.0 Å². The average molecular weight is 320 g/mol. The van der Waals surface area contributed by atoms with Crippen LogP contribution >= 0.6 is 23.2 Å². The fourth-order valence-corrected chi connectivity index (χ4v) is 3.23. The molecule has 19 heavy (non-hydrogen) atoms. The number of halogens is 2. The molecular weight excluding hydrogens is 309 g/mol. The summed E-state index contributed by atoms with van der Waals surface area (Å²) in [5.74, 6) is 0.234. The maximum Gasteiger partial charge on any atom is 0.264 e. The van der Waals surface area contributed by atoms with E-state index in [1.807, 2.05) is 6.92 Å². The second-order valence-corrected chi connectivity index (χ2v) is 6.23. The minimum Gasteiger partial charge on any atom is -0.271 e. The molecule has 0 saturated heterocycles. The van der Waals surface area contributed by atoms with Gasteiger partial charge in [0.05, 0.1) is 5.02 Å². The number of benzene rings is 1. The molecule has 102 valence electrons. The van der Waals surface area contributed by atoms with Gasteiger partial charge in [-0.1, -0.05) is 23.2 Å². The highest BCUT2D eigenvalue weighted by atomic mass is 35.5. The molecule has 1 aromatic heterocycles. The van der Waals surface area contributed by atoms with Crippen LogP contribution < -0.4 is 4.72 Å². The molecule has 2 aromatic rings. The summed E-state index contributed by atoms with van der Waals surface area (Å²) in [6.45, 7) is 2.55. The minimum absolute atomic E-state index is 0.0762. The summed E-state index contributed by atoms with van der Waals surface area (Å²) >= 11 is 11.7. The van der Waals surface area contributed by atoms with Crippen LogP contribution in [-0.2, 0) is 16.6 Å². The minimum atomic E-state index is -3.80. The predicted molar refractivity (Wildman–Crippen MR) is 75.2 cm³/mol. The number of sulfonamides is 1. The summed E-state index contributed by atoms with van der Waals surface area (Å²) in [7, 11) is -3.80. The third-order valence-electron chi connectivity index (χ3n) is 2.39. The first-order valence-corrected chi connectivity index (χ1v) is 7.67. The summed E-state index contributed by atoms with van der Waals surface area (Å²) in [4.78, 5) is -0.0762. The van der Waals surface area contributed by atoms with Crippen LogP contribution in [0.3, 0.4) is 0 Å². The lowest BCUT2D eigenvalue weighted by Gasteiger charge is -2.07. The second-order valence-electron chi connectivity index (χ2n) is 3.74. The summed E-state index contributed by atoms with van der Waals surface area (Å²) in [6.07, 6.45) is 1.68. The molecule has 1 aromatic carbocycles. The predicted octanol–water partition coefficient (Wildman–Crippen LogP) is 3.01. The van der Waals surface area contributed by atoms with Crippen LogP contribution in [0.25, 0.3) is 0 Å². The van der Waals surface area contributed by atoms with Gasteiger partial charge < -0.3 is 0 Å². The Bertz CT molecular complexity index is 698. The van der Waals surface area contributed by atoms with Crippen molar-refractivity contribution in [3.8, 4) is 0 Å². The van der Waals surface area contributed by atoms with Crippen molar-refractivity contribution in [1.82, 2.24) is 9.78 Å². The number of anilines is 1. The van der Waals surface area contributed by atoms with Crippen molar-refractivity contribution in [3.63, 3.8) is 0 Å². The highest BCUT2D eigenvalue weighted by molar-refractivity contribution is 7.92. The van der Waals surface area contributed by atoms with Crippen molar-refractivity contribution < 1.29 is 8.42 Å². The van der Waals surface area contributed by atoms with Crippen LogP contribution in [0.4, 0.5) is 5.82 Å². The molecule has 0 unspecified atom stereocenters. The zero-order valence-electron chi connectivity index (χ0n) is 9.97. The fourth-order valence-electron chi connectivity index (χ4n) is 1.47. The number of rotatable bonds is 4. The van der Waals surface area contributed by atoms with Crippen LogP contribution in [0.15, 0.2) is 35.4 Å². The van der Waals surface area contributed by atoms with Gasteiger partial charge in [0, 0.05) is 23.8 Å². The number of aromatic nitrogens is 2. The van der Waals surface area contributed by atoms with E-state index in [0.717, 1.165) is 0 Å². The molecule has 0 amide bonds. The first-order chi connectivity index (χ1) is 8.92. The molecule has 1 N–H and O–H groups in total. The Morgan fingerprint density at radius 3 is 2.68 bits per heavy atom. The van der Waals surface area contributed by atoms with Gasteiger partial charge >= 0.3 is 0 Å². The van der Waals surface area contributed by atoms with Crippen molar-refractivity contribution in [2.24, 2.45) is 0 Å². The van der Waals surface area contributed by atoms with E-state index in [9.17, 15) is 8.42 Å². The number of nitrogens with one attached hydrogen (secondary N) is 1. The lowest BCUT2D eigenvalue weighted by molar-refractivity contribution is 0.600. The van der Waals surface area contributed by atoms with Crippen LogP contribution in [0.5, 0.6) is 0 Å². The average Bonchev–Trinajstić information content (AvgIpc) is 2.79. The van der Waals surface area contributed by atoms with E-state index in [-0.39, 0.29) is 15.7 Å². The molecule has 0 aliphatic rings. The van der Waals surface area contributed by atoms with Gasteiger partial charge in [-0.3, -0.25) is 9.40 Å². The Morgan fingerprint density at radius 2 is 2.05 bits per heavy atom. The molecular formula is C11H11Cl2N3O2S. The second kappa shape index (κ2) is 5.40. The van der Waals surface area contributed by atoms with Gasteiger partial charge in [0.2, 0.25) is 0 Å². The molecule has 0 aliphatic carbocycles. The van der Waals surface area contributed by atoms with Gasteiger partial charge in [-0.15, -0.1) is 0 Å². The molecule has 0 spiro atoms. The number of hydrogen-bond acceptors (Lipinski definition) is 3. The monoisotopic (exact) mass is 319 g/mol. The zero-order valence-corrected chi connectivity index (χ0v) is 12.3. The van der Waals surface area contributed by atoms with Gasteiger partial charge in [-0.25, -0.2) is 8.42 Å². The van der Waals surface area contributed by atoms with E-state index in [1.165, 1.54) is 18.2 Å². The summed E-state index contributed by atoms with van der Waals surface area (Å²) in [5.41, 5.74) is 0. The number of aryl methyl sites for hydroxylation is 1. The highest BCUT2D eigenvalue weighted by Crippen LogP contribution is 2.26. The summed E-state index contributed by atoms with van der Waals surface area (Å²) < 4.78 is 28.3. The van der Waals surface area contributed by atoms with Crippen molar-refractivity contribution in [3.05, 3.63) is 40.5 Å². The van der Waals surface area contributed by atoms with Crippen molar-refractivity contribution >= 4 is 39.0 Å². The third-order valence-corrected chi connectivity index (χ3v) is 4.46. The standard InChI is InChI=1S/C11H11Cl2N3O2S/c1-2-16-6-5-11(14-16)15-19(17,18)10-7-8(12)3-4-9(10)13/h3-7H,2H2,1H3,(H,14,15). The largest absolute Gasteiger partial charge is 0.271 e. The zero-order chi connectivity index (χ0) is 14.0. The number of hydrogen-bond donors (Lipinski definition) is 1.